The van der Waals surface area contributed by atoms with Crippen LogP contribution in [0.4, 0.5) is 5.69 Å². The molecule has 21 heavy (non-hydrogen) atoms. The van der Waals surface area contributed by atoms with Gasteiger partial charge in [-0.2, -0.15) is 0 Å². The van der Waals surface area contributed by atoms with Crippen molar-refractivity contribution >= 4 is 23.9 Å². The highest BCUT2D eigenvalue weighted by atomic mass is 16.5. The van der Waals surface area contributed by atoms with E-state index in [9.17, 15) is 14.4 Å². The molecule has 0 saturated carbocycles. The Balaban J connectivity index is 2.96. The predicted octanol–water partition coefficient (Wildman–Crippen LogP) is 1.81. The van der Waals surface area contributed by atoms with Gasteiger partial charge < -0.3 is 14.4 Å². The molecule has 114 valence electrons. The van der Waals surface area contributed by atoms with Gasteiger partial charge in [-0.05, 0) is 19.1 Å². The van der Waals surface area contributed by atoms with Crippen molar-refractivity contribution in [2.75, 3.05) is 25.1 Å². The zero-order valence-corrected chi connectivity index (χ0v) is 12.4. The fourth-order valence-corrected chi connectivity index (χ4v) is 1.86. The molecular formula is C15H19NO5. The molecule has 1 aromatic rings. The standard InChI is InChI=1S/C15H19NO5/c1-4-16(8-7-15(19)20-3)13-6-5-12(10-17)14(9-13)21-11(2)18/h5-6,9-10H,4,7-8H2,1-3H3. The maximum absolute atomic E-state index is 11.2. The first kappa shape index (κ1) is 16.7. The lowest BCUT2D eigenvalue weighted by Crippen LogP contribution is -2.26. The molecule has 0 aliphatic carbocycles. The van der Waals surface area contributed by atoms with Crippen molar-refractivity contribution in [1.82, 2.24) is 0 Å². The number of rotatable bonds is 7. The average molecular weight is 293 g/mol. The number of anilines is 1. The molecule has 6 nitrogen and oxygen atoms in total. The number of hydrogen-bond donors (Lipinski definition) is 0. The van der Waals surface area contributed by atoms with Gasteiger partial charge in [-0.3, -0.25) is 14.4 Å². The SMILES string of the molecule is CCN(CCC(=O)OC)c1ccc(C=O)c(OC(C)=O)c1. The zero-order valence-electron chi connectivity index (χ0n) is 12.4. The summed E-state index contributed by atoms with van der Waals surface area (Å²) < 4.78 is 9.64. The fraction of sp³-hybridized carbons (Fsp3) is 0.400. The van der Waals surface area contributed by atoms with Crippen LogP contribution in [0.3, 0.4) is 0 Å². The van der Waals surface area contributed by atoms with Crippen molar-refractivity contribution in [3.05, 3.63) is 23.8 Å². The average Bonchev–Trinajstić information content (AvgIpc) is 2.47. The van der Waals surface area contributed by atoms with E-state index in [1.807, 2.05) is 11.8 Å². The highest BCUT2D eigenvalue weighted by Crippen LogP contribution is 2.25. The number of nitrogens with zero attached hydrogens (tertiary/aromatic N) is 1. The number of carbonyl (C=O) groups excluding carboxylic acids is 3. The number of hydrogen-bond acceptors (Lipinski definition) is 6. The van der Waals surface area contributed by atoms with Crippen LogP contribution >= 0.6 is 0 Å². The van der Waals surface area contributed by atoms with Crippen molar-refractivity contribution in [3.63, 3.8) is 0 Å². The van der Waals surface area contributed by atoms with E-state index in [0.29, 0.717) is 24.9 Å². The van der Waals surface area contributed by atoms with Crippen LogP contribution in [-0.2, 0) is 14.3 Å². The summed E-state index contributed by atoms with van der Waals surface area (Å²) in [6.07, 6.45) is 0.884. The Kier molecular flexibility index (Phi) is 6.39. The fourth-order valence-electron chi connectivity index (χ4n) is 1.86. The largest absolute Gasteiger partial charge is 0.469 e. The summed E-state index contributed by atoms with van der Waals surface area (Å²) in [6, 6.07) is 4.95. The second kappa shape index (κ2) is 8.04. The minimum atomic E-state index is -0.493. The van der Waals surface area contributed by atoms with E-state index in [2.05, 4.69) is 4.74 Å². The summed E-state index contributed by atoms with van der Waals surface area (Å²) in [5.74, 6) is -0.572. The van der Waals surface area contributed by atoms with Gasteiger partial charge in [-0.25, -0.2) is 0 Å². The van der Waals surface area contributed by atoms with E-state index >= 15 is 0 Å². The second-order valence-corrected chi connectivity index (χ2v) is 4.34. The van der Waals surface area contributed by atoms with Gasteiger partial charge in [-0.15, -0.1) is 0 Å². The molecule has 0 N–H and O–H groups in total. The molecule has 0 aliphatic rings. The number of methoxy groups -OCH3 is 1. The number of carbonyl (C=O) groups is 3. The predicted molar refractivity (Wildman–Crippen MR) is 77.7 cm³/mol. The third kappa shape index (κ3) is 4.91. The topological polar surface area (TPSA) is 72.9 Å². The minimum absolute atomic E-state index is 0.214. The van der Waals surface area contributed by atoms with Crippen LogP contribution in [0.25, 0.3) is 0 Å². The van der Waals surface area contributed by atoms with Crippen LogP contribution in [0.2, 0.25) is 0 Å². The number of aldehydes is 1. The number of esters is 2. The monoisotopic (exact) mass is 293 g/mol. The van der Waals surface area contributed by atoms with Gasteiger partial charge in [0.15, 0.2) is 6.29 Å². The molecule has 0 unspecified atom stereocenters. The van der Waals surface area contributed by atoms with E-state index in [0.717, 1.165) is 5.69 Å². The highest BCUT2D eigenvalue weighted by molar-refractivity contribution is 5.83. The molecule has 0 spiro atoms. The summed E-state index contributed by atoms with van der Waals surface area (Å²) in [7, 11) is 1.34. The van der Waals surface area contributed by atoms with Gasteiger partial charge in [0.2, 0.25) is 0 Å². The second-order valence-electron chi connectivity index (χ2n) is 4.34. The van der Waals surface area contributed by atoms with Gasteiger partial charge in [-0.1, -0.05) is 0 Å². The number of benzene rings is 1. The quantitative estimate of drug-likeness (QED) is 0.434. The lowest BCUT2D eigenvalue weighted by atomic mass is 10.1. The van der Waals surface area contributed by atoms with Crippen LogP contribution < -0.4 is 9.64 Å². The Hall–Kier alpha value is -2.37. The molecule has 0 saturated heterocycles. The summed E-state index contributed by atoms with van der Waals surface area (Å²) in [5, 5.41) is 0. The third-order valence-corrected chi connectivity index (χ3v) is 2.94. The summed E-state index contributed by atoms with van der Waals surface area (Å²) in [5.41, 5.74) is 1.07. The van der Waals surface area contributed by atoms with Gasteiger partial charge in [0.25, 0.3) is 0 Å². The third-order valence-electron chi connectivity index (χ3n) is 2.94. The van der Waals surface area contributed by atoms with Crippen LogP contribution in [-0.4, -0.2) is 38.4 Å². The smallest absolute Gasteiger partial charge is 0.308 e. The lowest BCUT2D eigenvalue weighted by Gasteiger charge is -2.23. The Morgan fingerprint density at radius 2 is 2.05 bits per heavy atom. The molecule has 1 rings (SSSR count). The van der Waals surface area contributed by atoms with E-state index in [-0.39, 0.29) is 18.1 Å². The molecule has 0 aliphatic heterocycles. The van der Waals surface area contributed by atoms with E-state index < -0.39 is 5.97 Å². The molecule has 0 bridgehead atoms. The molecule has 0 amide bonds. The molecular weight excluding hydrogens is 274 g/mol. The Morgan fingerprint density at radius 3 is 2.57 bits per heavy atom. The Bertz CT molecular complexity index is 527. The molecule has 0 aromatic heterocycles. The molecule has 0 atom stereocenters. The highest BCUT2D eigenvalue weighted by Gasteiger charge is 2.12. The molecule has 0 fully saturated rings. The first-order valence-electron chi connectivity index (χ1n) is 6.61. The first-order valence-corrected chi connectivity index (χ1v) is 6.61. The van der Waals surface area contributed by atoms with Gasteiger partial charge in [0.1, 0.15) is 5.75 Å². The number of ether oxygens (including phenoxy) is 2. The Labute approximate surface area is 123 Å². The molecule has 0 radical (unpaired) electrons. The van der Waals surface area contributed by atoms with Crippen molar-refractivity contribution in [2.45, 2.75) is 20.3 Å². The van der Waals surface area contributed by atoms with Crippen molar-refractivity contribution in [3.8, 4) is 5.75 Å². The van der Waals surface area contributed by atoms with E-state index in [1.54, 1.807) is 18.2 Å². The minimum Gasteiger partial charge on any atom is -0.469 e. The maximum atomic E-state index is 11.2. The summed E-state index contributed by atoms with van der Waals surface area (Å²) >= 11 is 0. The first-order chi connectivity index (χ1) is 10.0. The summed E-state index contributed by atoms with van der Waals surface area (Å²) in [6.45, 7) is 4.35. The molecule has 6 heteroatoms. The maximum Gasteiger partial charge on any atom is 0.308 e. The van der Waals surface area contributed by atoms with Crippen LogP contribution in [0, 0.1) is 0 Å². The van der Waals surface area contributed by atoms with Crippen molar-refractivity contribution in [2.24, 2.45) is 0 Å². The van der Waals surface area contributed by atoms with Gasteiger partial charge in [0.05, 0.1) is 19.1 Å². The van der Waals surface area contributed by atoms with Crippen LogP contribution in [0.1, 0.15) is 30.6 Å². The van der Waals surface area contributed by atoms with Gasteiger partial charge in [0, 0.05) is 31.8 Å². The molecule has 1 aromatic carbocycles. The van der Waals surface area contributed by atoms with Crippen LogP contribution in [0.15, 0.2) is 18.2 Å². The lowest BCUT2D eigenvalue weighted by molar-refractivity contribution is -0.140. The summed E-state index contributed by atoms with van der Waals surface area (Å²) in [4.78, 5) is 35.2. The van der Waals surface area contributed by atoms with Crippen molar-refractivity contribution in [1.29, 1.82) is 0 Å². The Morgan fingerprint density at radius 1 is 1.33 bits per heavy atom. The van der Waals surface area contributed by atoms with Crippen LogP contribution in [0.5, 0.6) is 5.75 Å². The molecule has 0 heterocycles. The van der Waals surface area contributed by atoms with E-state index in [1.165, 1.54) is 14.0 Å². The van der Waals surface area contributed by atoms with Gasteiger partial charge >= 0.3 is 11.9 Å². The van der Waals surface area contributed by atoms with Crippen molar-refractivity contribution < 1.29 is 23.9 Å². The van der Waals surface area contributed by atoms with E-state index in [4.69, 9.17) is 4.74 Å². The zero-order chi connectivity index (χ0) is 15.8. The normalized spacial score (nSPS) is 9.86.